The van der Waals surface area contributed by atoms with E-state index < -0.39 is 0 Å². The van der Waals surface area contributed by atoms with E-state index in [2.05, 4.69) is 11.4 Å². The molecule has 4 nitrogen and oxygen atoms in total. The molecule has 4 heteroatoms. The predicted octanol–water partition coefficient (Wildman–Crippen LogP) is 1.73. The van der Waals surface area contributed by atoms with Gasteiger partial charge in [-0.2, -0.15) is 0 Å². The maximum atomic E-state index is 12.4. The van der Waals surface area contributed by atoms with Crippen molar-refractivity contribution >= 4 is 22.6 Å². The molecule has 1 aliphatic heterocycles. The highest BCUT2D eigenvalue weighted by atomic mass is 16.2. The summed E-state index contributed by atoms with van der Waals surface area (Å²) in [7, 11) is 0. The van der Waals surface area contributed by atoms with Crippen molar-refractivity contribution in [3.63, 3.8) is 0 Å². The molecule has 21 heavy (non-hydrogen) atoms. The molecule has 2 aromatic rings. The van der Waals surface area contributed by atoms with Gasteiger partial charge in [0.2, 0.25) is 11.8 Å². The summed E-state index contributed by atoms with van der Waals surface area (Å²) in [6, 6.07) is 13.8. The first-order valence-electron chi connectivity index (χ1n) is 7.20. The van der Waals surface area contributed by atoms with Crippen LogP contribution in [0.4, 0.5) is 0 Å². The number of piperazine rings is 1. The monoisotopic (exact) mass is 282 g/mol. The third-order valence-electron chi connectivity index (χ3n) is 3.99. The molecule has 0 aromatic heterocycles. The second kappa shape index (κ2) is 5.56. The van der Waals surface area contributed by atoms with E-state index in [-0.39, 0.29) is 17.9 Å². The lowest BCUT2D eigenvalue weighted by atomic mass is 10.0. The average molecular weight is 282 g/mol. The van der Waals surface area contributed by atoms with Crippen molar-refractivity contribution in [1.82, 2.24) is 10.2 Å². The minimum Gasteiger partial charge on any atom is -0.353 e. The zero-order chi connectivity index (χ0) is 14.8. The third kappa shape index (κ3) is 2.75. The van der Waals surface area contributed by atoms with E-state index in [0.29, 0.717) is 19.5 Å². The van der Waals surface area contributed by atoms with Crippen molar-refractivity contribution in [3.8, 4) is 0 Å². The first-order valence-corrected chi connectivity index (χ1v) is 7.20. The van der Waals surface area contributed by atoms with Gasteiger partial charge in [-0.1, -0.05) is 42.5 Å². The fraction of sp³-hybridized carbons (Fsp3) is 0.294. The second-order valence-electron chi connectivity index (χ2n) is 5.41. The maximum absolute atomic E-state index is 12.4. The van der Waals surface area contributed by atoms with Crippen LogP contribution >= 0.6 is 0 Å². The Morgan fingerprint density at radius 2 is 2.00 bits per heavy atom. The summed E-state index contributed by atoms with van der Waals surface area (Å²) in [5.41, 5.74) is 0.983. The number of benzene rings is 2. The van der Waals surface area contributed by atoms with Crippen LogP contribution in [0.1, 0.15) is 12.5 Å². The summed E-state index contributed by atoms with van der Waals surface area (Å²) in [5.74, 6) is -0.0688. The molecule has 0 unspecified atom stereocenters. The fourth-order valence-electron chi connectivity index (χ4n) is 2.75. The Labute approximate surface area is 123 Å². The number of fused-ring (bicyclic) bond motifs is 1. The van der Waals surface area contributed by atoms with Crippen LogP contribution in [0, 0.1) is 0 Å². The van der Waals surface area contributed by atoms with Gasteiger partial charge < -0.3 is 10.2 Å². The van der Waals surface area contributed by atoms with E-state index in [1.807, 2.05) is 36.4 Å². The smallest absolute Gasteiger partial charge is 0.242 e. The number of nitrogens with zero attached hydrogens (tertiary/aromatic N) is 1. The van der Waals surface area contributed by atoms with Gasteiger partial charge >= 0.3 is 0 Å². The first-order chi connectivity index (χ1) is 10.1. The highest BCUT2D eigenvalue weighted by molar-refractivity contribution is 5.90. The van der Waals surface area contributed by atoms with Crippen LogP contribution in [0.15, 0.2) is 42.5 Å². The van der Waals surface area contributed by atoms with Crippen LogP contribution < -0.4 is 5.32 Å². The molecule has 0 saturated carbocycles. The minimum absolute atomic E-state index is 0.00707. The van der Waals surface area contributed by atoms with Crippen molar-refractivity contribution in [2.45, 2.75) is 19.4 Å². The maximum Gasteiger partial charge on any atom is 0.242 e. The Balaban J connectivity index is 1.78. The predicted molar refractivity (Wildman–Crippen MR) is 81.8 cm³/mol. The molecule has 1 aliphatic rings. The molecule has 0 bridgehead atoms. The van der Waals surface area contributed by atoms with Crippen LogP contribution in [-0.4, -0.2) is 35.8 Å². The summed E-state index contributed by atoms with van der Waals surface area (Å²) in [6.45, 7) is 2.89. The van der Waals surface area contributed by atoms with E-state index in [4.69, 9.17) is 0 Å². The van der Waals surface area contributed by atoms with Crippen LogP contribution in [0.5, 0.6) is 0 Å². The quantitative estimate of drug-likeness (QED) is 0.912. The van der Waals surface area contributed by atoms with Gasteiger partial charge in [-0.3, -0.25) is 9.59 Å². The summed E-state index contributed by atoms with van der Waals surface area (Å²) in [6.07, 6.45) is 0.336. The zero-order valence-electron chi connectivity index (χ0n) is 12.0. The number of nitrogens with one attached hydrogen (secondary N) is 1. The van der Waals surface area contributed by atoms with Crippen molar-refractivity contribution in [2.24, 2.45) is 0 Å². The van der Waals surface area contributed by atoms with Gasteiger partial charge in [0, 0.05) is 13.1 Å². The van der Waals surface area contributed by atoms with Crippen molar-refractivity contribution < 1.29 is 9.59 Å². The lowest BCUT2D eigenvalue weighted by Gasteiger charge is -2.32. The lowest BCUT2D eigenvalue weighted by Crippen LogP contribution is -2.56. The molecule has 2 aromatic carbocycles. The topological polar surface area (TPSA) is 49.4 Å². The zero-order valence-corrected chi connectivity index (χ0v) is 12.0. The standard InChI is InChI=1S/C17H18N2O2/c1-12-17(21)18-8-9-19(12)16(20)11-13-6-7-14-4-2-3-5-15(14)10-13/h2-7,10,12H,8-9,11H2,1H3,(H,18,21)/t12-/m0/s1. The van der Waals surface area contributed by atoms with Gasteiger partial charge in [-0.05, 0) is 23.3 Å². The van der Waals surface area contributed by atoms with E-state index in [1.165, 1.54) is 5.39 Å². The Hall–Kier alpha value is -2.36. The summed E-state index contributed by atoms with van der Waals surface area (Å²) in [5, 5.41) is 5.07. The van der Waals surface area contributed by atoms with E-state index in [9.17, 15) is 9.59 Å². The van der Waals surface area contributed by atoms with Gasteiger partial charge in [0.25, 0.3) is 0 Å². The number of hydrogen-bond donors (Lipinski definition) is 1. The highest BCUT2D eigenvalue weighted by Crippen LogP contribution is 2.17. The van der Waals surface area contributed by atoms with E-state index in [1.54, 1.807) is 11.8 Å². The van der Waals surface area contributed by atoms with Gasteiger partial charge in [0.15, 0.2) is 0 Å². The molecule has 1 fully saturated rings. The van der Waals surface area contributed by atoms with Gasteiger partial charge in [-0.25, -0.2) is 0 Å². The molecular formula is C17H18N2O2. The number of rotatable bonds is 2. The molecule has 2 amide bonds. The molecule has 0 aliphatic carbocycles. The van der Waals surface area contributed by atoms with Gasteiger partial charge in [0.05, 0.1) is 6.42 Å². The fourth-order valence-corrected chi connectivity index (χ4v) is 2.75. The van der Waals surface area contributed by atoms with Crippen molar-refractivity contribution in [1.29, 1.82) is 0 Å². The van der Waals surface area contributed by atoms with Gasteiger partial charge in [-0.15, -0.1) is 0 Å². The summed E-state index contributed by atoms with van der Waals surface area (Å²) >= 11 is 0. The Kier molecular flexibility index (Phi) is 3.60. The molecule has 1 N–H and O–H groups in total. The molecule has 108 valence electrons. The molecule has 1 heterocycles. The minimum atomic E-state index is -0.383. The lowest BCUT2D eigenvalue weighted by molar-refractivity contribution is -0.142. The number of carbonyl (C=O) groups excluding carboxylic acids is 2. The summed E-state index contributed by atoms with van der Waals surface area (Å²) in [4.78, 5) is 25.7. The van der Waals surface area contributed by atoms with Crippen molar-refractivity contribution in [3.05, 3.63) is 48.0 Å². The van der Waals surface area contributed by atoms with Crippen molar-refractivity contribution in [2.75, 3.05) is 13.1 Å². The normalized spacial score (nSPS) is 18.6. The number of amides is 2. The number of hydrogen-bond acceptors (Lipinski definition) is 2. The van der Waals surface area contributed by atoms with Gasteiger partial charge in [0.1, 0.15) is 6.04 Å². The van der Waals surface area contributed by atoms with Crippen LogP contribution in [-0.2, 0) is 16.0 Å². The van der Waals surface area contributed by atoms with E-state index in [0.717, 1.165) is 10.9 Å². The van der Waals surface area contributed by atoms with Crippen LogP contribution in [0.3, 0.4) is 0 Å². The SMILES string of the molecule is C[C@H]1C(=O)NCCN1C(=O)Cc1ccc2ccccc2c1. The average Bonchev–Trinajstić information content (AvgIpc) is 2.50. The Morgan fingerprint density at radius 1 is 1.24 bits per heavy atom. The molecule has 0 spiro atoms. The third-order valence-corrected chi connectivity index (χ3v) is 3.99. The molecule has 0 radical (unpaired) electrons. The first kappa shape index (κ1) is 13.6. The Bertz CT molecular complexity index is 696. The van der Waals surface area contributed by atoms with E-state index >= 15 is 0 Å². The molecule has 3 rings (SSSR count). The molecule has 1 atom stereocenters. The molecule has 1 saturated heterocycles. The second-order valence-corrected chi connectivity index (χ2v) is 5.41. The van der Waals surface area contributed by atoms with Crippen LogP contribution in [0.25, 0.3) is 10.8 Å². The summed E-state index contributed by atoms with van der Waals surface area (Å²) < 4.78 is 0. The Morgan fingerprint density at radius 3 is 2.81 bits per heavy atom. The number of carbonyl (C=O) groups is 2. The molecular weight excluding hydrogens is 264 g/mol. The van der Waals surface area contributed by atoms with Crippen LogP contribution in [0.2, 0.25) is 0 Å². The largest absolute Gasteiger partial charge is 0.353 e. The highest BCUT2D eigenvalue weighted by Gasteiger charge is 2.28.